The molecule has 0 bridgehead atoms. The second-order valence-corrected chi connectivity index (χ2v) is 5.75. The lowest BCUT2D eigenvalue weighted by atomic mass is 10.0. The van der Waals surface area contributed by atoms with Crippen molar-refractivity contribution >= 4 is 34.8 Å². The first-order chi connectivity index (χ1) is 7.74. The van der Waals surface area contributed by atoms with E-state index in [1.54, 1.807) is 0 Å². The summed E-state index contributed by atoms with van der Waals surface area (Å²) in [5, 5.41) is 0. The molecule has 0 saturated heterocycles. The van der Waals surface area contributed by atoms with Gasteiger partial charge in [0.25, 0.3) is 0 Å². The number of halogens is 1. The highest BCUT2D eigenvalue weighted by atomic mass is 127. The molecule has 1 heterocycles. The van der Waals surface area contributed by atoms with Crippen molar-refractivity contribution in [3.8, 4) is 0 Å². The zero-order valence-electron chi connectivity index (χ0n) is 8.59. The topological polar surface area (TPSA) is 31.6 Å². The second-order valence-electron chi connectivity index (χ2n) is 4.18. The number of hydrogen-bond donors (Lipinski definition) is 2. The first-order valence-corrected chi connectivity index (χ1v) is 6.76. The molecule has 2 aromatic rings. The van der Waals surface area contributed by atoms with Crippen molar-refractivity contribution in [1.29, 1.82) is 0 Å². The van der Waals surface area contributed by atoms with E-state index in [9.17, 15) is 0 Å². The van der Waals surface area contributed by atoms with Gasteiger partial charge in [-0.15, -0.1) is 0 Å². The minimum atomic E-state index is 0.555. The summed E-state index contributed by atoms with van der Waals surface area (Å²) in [6, 6.07) is 6.56. The van der Waals surface area contributed by atoms with Gasteiger partial charge in [-0.2, -0.15) is 0 Å². The Morgan fingerprint density at radius 2 is 2.19 bits per heavy atom. The average Bonchev–Trinajstić information content (AvgIpc) is 2.84. The molecule has 16 heavy (non-hydrogen) atoms. The average molecular weight is 342 g/mol. The Kier molecular flexibility index (Phi) is 2.63. The summed E-state index contributed by atoms with van der Waals surface area (Å²) in [6.07, 6.45) is 4.25. The van der Waals surface area contributed by atoms with Gasteiger partial charge in [0.2, 0.25) is 0 Å². The lowest BCUT2D eigenvalue weighted by Gasteiger charge is -2.04. The fourth-order valence-electron chi connectivity index (χ4n) is 2.39. The van der Waals surface area contributed by atoms with Gasteiger partial charge < -0.3 is 9.97 Å². The number of benzene rings is 1. The van der Waals surface area contributed by atoms with E-state index in [2.05, 4.69) is 50.8 Å². The molecular weight excluding hydrogens is 331 g/mol. The number of H-pyrrole nitrogens is 2. The summed E-state index contributed by atoms with van der Waals surface area (Å²) in [5.41, 5.74) is 4.23. The third-order valence-corrected chi connectivity index (χ3v) is 4.42. The fourth-order valence-corrected chi connectivity index (χ4v) is 3.34. The normalized spacial score (nSPS) is 18.7. The van der Waals surface area contributed by atoms with Gasteiger partial charge in [0.15, 0.2) is 4.77 Å². The van der Waals surface area contributed by atoms with E-state index >= 15 is 0 Å². The SMILES string of the molecule is S=c1[nH]cc(C2Cc3cccc(I)c3C2)[nH]1. The van der Waals surface area contributed by atoms with Gasteiger partial charge in [-0.25, -0.2) is 0 Å². The molecular formula is C12H11IN2S. The van der Waals surface area contributed by atoms with Crippen molar-refractivity contribution in [2.75, 3.05) is 0 Å². The van der Waals surface area contributed by atoms with E-state index in [-0.39, 0.29) is 0 Å². The van der Waals surface area contributed by atoms with Crippen LogP contribution in [0.3, 0.4) is 0 Å². The molecule has 0 amide bonds. The molecule has 0 fully saturated rings. The third-order valence-electron chi connectivity index (χ3n) is 3.19. The summed E-state index contributed by atoms with van der Waals surface area (Å²) < 4.78 is 2.10. The molecule has 0 spiro atoms. The molecule has 1 aliphatic rings. The van der Waals surface area contributed by atoms with Crippen LogP contribution in [0, 0.1) is 8.34 Å². The van der Waals surface area contributed by atoms with E-state index in [4.69, 9.17) is 12.2 Å². The molecule has 0 aliphatic heterocycles. The molecule has 0 saturated carbocycles. The van der Waals surface area contributed by atoms with Crippen LogP contribution in [0.25, 0.3) is 0 Å². The van der Waals surface area contributed by atoms with Crippen molar-refractivity contribution in [3.05, 3.63) is 49.6 Å². The number of hydrogen-bond acceptors (Lipinski definition) is 1. The van der Waals surface area contributed by atoms with E-state index in [1.807, 2.05) is 6.20 Å². The summed E-state index contributed by atoms with van der Waals surface area (Å²) in [6.45, 7) is 0. The van der Waals surface area contributed by atoms with Crippen LogP contribution < -0.4 is 0 Å². The number of aromatic amines is 2. The van der Waals surface area contributed by atoms with Gasteiger partial charge in [-0.1, -0.05) is 12.1 Å². The van der Waals surface area contributed by atoms with E-state index in [0.717, 1.165) is 17.6 Å². The summed E-state index contributed by atoms with van der Waals surface area (Å²) >= 11 is 7.49. The zero-order chi connectivity index (χ0) is 11.1. The Hall–Kier alpha value is -0.620. The van der Waals surface area contributed by atoms with Gasteiger partial charge in [0.05, 0.1) is 0 Å². The second kappa shape index (κ2) is 4.00. The summed E-state index contributed by atoms with van der Waals surface area (Å²) in [4.78, 5) is 6.27. The maximum atomic E-state index is 5.07. The predicted octanol–water partition coefficient (Wildman–Crippen LogP) is 3.56. The van der Waals surface area contributed by atoms with Crippen LogP contribution >= 0.6 is 34.8 Å². The van der Waals surface area contributed by atoms with Crippen LogP contribution in [0.5, 0.6) is 0 Å². The minimum Gasteiger partial charge on any atom is -0.337 e. The molecule has 82 valence electrons. The number of rotatable bonds is 1. The van der Waals surface area contributed by atoms with Gasteiger partial charge in [0.1, 0.15) is 0 Å². The molecule has 1 aromatic carbocycles. The van der Waals surface area contributed by atoms with Gasteiger partial charge in [-0.3, -0.25) is 0 Å². The molecule has 1 aromatic heterocycles. The van der Waals surface area contributed by atoms with Crippen molar-refractivity contribution in [3.63, 3.8) is 0 Å². The minimum absolute atomic E-state index is 0.555. The first-order valence-electron chi connectivity index (χ1n) is 5.28. The van der Waals surface area contributed by atoms with Crippen LogP contribution in [-0.2, 0) is 12.8 Å². The van der Waals surface area contributed by atoms with Gasteiger partial charge in [-0.05, 0) is 64.8 Å². The number of aromatic nitrogens is 2. The van der Waals surface area contributed by atoms with Crippen molar-refractivity contribution in [2.24, 2.45) is 0 Å². The fraction of sp³-hybridized carbons (Fsp3) is 0.250. The summed E-state index contributed by atoms with van der Waals surface area (Å²) in [5.74, 6) is 0.555. The van der Waals surface area contributed by atoms with Crippen LogP contribution in [0.4, 0.5) is 0 Å². The Labute approximate surface area is 113 Å². The number of fused-ring (bicyclic) bond motifs is 1. The molecule has 2 N–H and O–H groups in total. The van der Waals surface area contributed by atoms with Gasteiger partial charge in [0, 0.05) is 21.4 Å². The third kappa shape index (κ3) is 1.73. The quantitative estimate of drug-likeness (QED) is 0.603. The summed E-state index contributed by atoms with van der Waals surface area (Å²) in [7, 11) is 0. The molecule has 1 unspecified atom stereocenters. The molecule has 1 aliphatic carbocycles. The monoisotopic (exact) mass is 342 g/mol. The van der Waals surface area contributed by atoms with Crippen molar-refractivity contribution in [1.82, 2.24) is 9.97 Å². The van der Waals surface area contributed by atoms with Gasteiger partial charge >= 0.3 is 0 Å². The van der Waals surface area contributed by atoms with Crippen LogP contribution in [0.1, 0.15) is 22.7 Å². The largest absolute Gasteiger partial charge is 0.337 e. The lowest BCUT2D eigenvalue weighted by Crippen LogP contribution is -1.98. The van der Waals surface area contributed by atoms with Crippen LogP contribution in [0.2, 0.25) is 0 Å². The zero-order valence-corrected chi connectivity index (χ0v) is 11.6. The smallest absolute Gasteiger partial charge is 0.174 e. The molecule has 3 rings (SSSR count). The lowest BCUT2D eigenvalue weighted by molar-refractivity contribution is 0.718. The van der Waals surface area contributed by atoms with E-state index in [1.165, 1.54) is 20.4 Å². The Bertz CT molecular complexity index is 585. The highest BCUT2D eigenvalue weighted by Crippen LogP contribution is 2.35. The first kappa shape index (κ1) is 10.5. The number of nitrogens with one attached hydrogen (secondary N) is 2. The maximum Gasteiger partial charge on any atom is 0.174 e. The van der Waals surface area contributed by atoms with E-state index in [0.29, 0.717) is 5.92 Å². The highest BCUT2D eigenvalue weighted by Gasteiger charge is 2.25. The Morgan fingerprint density at radius 3 is 2.88 bits per heavy atom. The molecule has 1 atom stereocenters. The van der Waals surface area contributed by atoms with Crippen LogP contribution in [-0.4, -0.2) is 9.97 Å². The number of imidazole rings is 1. The van der Waals surface area contributed by atoms with Crippen molar-refractivity contribution in [2.45, 2.75) is 18.8 Å². The van der Waals surface area contributed by atoms with Crippen LogP contribution in [0.15, 0.2) is 24.4 Å². The predicted molar refractivity (Wildman–Crippen MR) is 75.3 cm³/mol. The maximum absolute atomic E-state index is 5.07. The van der Waals surface area contributed by atoms with Crippen molar-refractivity contribution < 1.29 is 0 Å². The Balaban J connectivity index is 1.96. The standard InChI is InChI=1S/C12H11IN2S/c13-10-3-1-2-7-4-8(5-9(7)10)11-6-14-12(16)15-11/h1-3,6,8H,4-5H2,(H2,14,15,16). The molecule has 4 heteroatoms. The molecule has 2 nitrogen and oxygen atoms in total. The Morgan fingerprint density at radius 1 is 1.31 bits per heavy atom. The van der Waals surface area contributed by atoms with E-state index < -0.39 is 0 Å². The molecule has 0 radical (unpaired) electrons. The highest BCUT2D eigenvalue weighted by molar-refractivity contribution is 14.1.